The maximum absolute atomic E-state index is 11.2. The van der Waals surface area contributed by atoms with Crippen molar-refractivity contribution >= 4 is 5.97 Å². The average molecular weight is 195 g/mol. The average Bonchev–Trinajstić information content (AvgIpc) is 2.19. The summed E-state index contributed by atoms with van der Waals surface area (Å²) >= 11 is 0. The van der Waals surface area contributed by atoms with Crippen molar-refractivity contribution in [3.05, 3.63) is 24.0 Å². The number of nitrogens with two attached hydrogens (primary N) is 1. The fourth-order valence-electron chi connectivity index (χ4n) is 1.03. The molecule has 0 spiro atoms. The first-order valence-corrected chi connectivity index (χ1v) is 4.41. The van der Waals surface area contributed by atoms with Gasteiger partial charge in [-0.1, -0.05) is 0 Å². The van der Waals surface area contributed by atoms with E-state index >= 15 is 0 Å². The lowest BCUT2D eigenvalue weighted by atomic mass is 10.1. The van der Waals surface area contributed by atoms with E-state index < -0.39 is 6.04 Å². The molecule has 5 heteroatoms. The third-order valence-corrected chi connectivity index (χ3v) is 1.69. The number of carbonyl (C=O) groups excluding carboxylic acids is 1. The predicted molar refractivity (Wildman–Crippen MR) is 50.3 cm³/mol. The Balaban J connectivity index is 2.49. The summed E-state index contributed by atoms with van der Waals surface area (Å²) in [6.45, 7) is 2.10. The van der Waals surface area contributed by atoms with E-state index in [1.165, 1.54) is 0 Å². The summed E-state index contributed by atoms with van der Waals surface area (Å²) in [7, 11) is 0. The smallest absolute Gasteiger partial charge is 0.323 e. The number of carbonyl (C=O) groups is 1. The van der Waals surface area contributed by atoms with Crippen molar-refractivity contribution in [2.75, 3.05) is 6.61 Å². The van der Waals surface area contributed by atoms with Crippen LogP contribution >= 0.6 is 0 Å². The minimum Gasteiger partial charge on any atom is -0.465 e. The summed E-state index contributed by atoms with van der Waals surface area (Å²) in [6, 6.07) is 1.14. The van der Waals surface area contributed by atoms with Crippen molar-refractivity contribution in [2.24, 2.45) is 5.73 Å². The molecular weight excluding hydrogens is 182 g/mol. The van der Waals surface area contributed by atoms with E-state index in [2.05, 4.69) is 10.2 Å². The van der Waals surface area contributed by atoms with Crippen LogP contribution in [-0.4, -0.2) is 28.8 Å². The molecule has 0 amide bonds. The number of rotatable bonds is 4. The van der Waals surface area contributed by atoms with Crippen molar-refractivity contribution in [1.29, 1.82) is 0 Å². The normalized spacial score (nSPS) is 12.1. The number of ether oxygens (including phenoxy) is 1. The quantitative estimate of drug-likeness (QED) is 0.679. The van der Waals surface area contributed by atoms with Gasteiger partial charge in [0.05, 0.1) is 12.8 Å². The van der Waals surface area contributed by atoms with Gasteiger partial charge in [-0.05, 0) is 25.0 Å². The van der Waals surface area contributed by atoms with E-state index in [0.717, 1.165) is 5.56 Å². The molecule has 0 aliphatic carbocycles. The molecule has 1 aromatic rings. The first-order chi connectivity index (χ1) is 6.74. The van der Waals surface area contributed by atoms with Crippen LogP contribution in [0.25, 0.3) is 0 Å². The van der Waals surface area contributed by atoms with Gasteiger partial charge in [0.25, 0.3) is 0 Å². The van der Waals surface area contributed by atoms with Gasteiger partial charge in [-0.15, -0.1) is 0 Å². The molecule has 0 saturated carbocycles. The zero-order valence-corrected chi connectivity index (χ0v) is 8.01. The molecule has 0 radical (unpaired) electrons. The maximum Gasteiger partial charge on any atom is 0.323 e. The monoisotopic (exact) mass is 195 g/mol. The number of esters is 1. The lowest BCUT2D eigenvalue weighted by molar-refractivity contribution is -0.144. The van der Waals surface area contributed by atoms with Crippen molar-refractivity contribution in [3.63, 3.8) is 0 Å². The lowest BCUT2D eigenvalue weighted by Gasteiger charge is -2.09. The van der Waals surface area contributed by atoms with Crippen molar-refractivity contribution in [1.82, 2.24) is 10.2 Å². The van der Waals surface area contributed by atoms with Crippen LogP contribution in [-0.2, 0) is 16.0 Å². The Morgan fingerprint density at radius 1 is 1.64 bits per heavy atom. The van der Waals surface area contributed by atoms with Crippen LogP contribution in [0.4, 0.5) is 0 Å². The van der Waals surface area contributed by atoms with Crippen LogP contribution in [0.1, 0.15) is 12.5 Å². The number of hydrogen-bond donors (Lipinski definition) is 1. The first-order valence-electron chi connectivity index (χ1n) is 4.41. The van der Waals surface area contributed by atoms with Crippen molar-refractivity contribution in [2.45, 2.75) is 19.4 Å². The molecule has 1 atom stereocenters. The first kappa shape index (κ1) is 10.6. The van der Waals surface area contributed by atoms with E-state index in [-0.39, 0.29) is 5.97 Å². The largest absolute Gasteiger partial charge is 0.465 e. The molecule has 0 aliphatic heterocycles. The molecule has 0 aliphatic rings. The number of aromatic nitrogens is 2. The molecule has 1 rings (SSSR count). The van der Waals surface area contributed by atoms with E-state index in [9.17, 15) is 4.79 Å². The molecule has 1 heterocycles. The van der Waals surface area contributed by atoms with Crippen molar-refractivity contribution in [3.8, 4) is 0 Å². The molecule has 0 aromatic carbocycles. The molecule has 2 N–H and O–H groups in total. The Bertz CT molecular complexity index is 289. The second-order valence-electron chi connectivity index (χ2n) is 2.81. The minimum atomic E-state index is -0.626. The highest BCUT2D eigenvalue weighted by Gasteiger charge is 2.14. The van der Waals surface area contributed by atoms with E-state index in [0.29, 0.717) is 13.0 Å². The zero-order chi connectivity index (χ0) is 10.4. The Morgan fingerprint density at radius 2 is 2.43 bits per heavy atom. The van der Waals surface area contributed by atoms with Gasteiger partial charge in [-0.25, -0.2) is 0 Å². The zero-order valence-electron chi connectivity index (χ0n) is 8.01. The van der Waals surface area contributed by atoms with Gasteiger partial charge in [0.15, 0.2) is 0 Å². The van der Waals surface area contributed by atoms with Crippen LogP contribution < -0.4 is 5.73 Å². The lowest BCUT2D eigenvalue weighted by Crippen LogP contribution is -2.34. The van der Waals surface area contributed by atoms with Crippen LogP contribution in [0, 0.1) is 0 Å². The fourth-order valence-corrected chi connectivity index (χ4v) is 1.03. The molecule has 1 unspecified atom stereocenters. The summed E-state index contributed by atoms with van der Waals surface area (Å²) < 4.78 is 4.78. The molecule has 0 fully saturated rings. The summed E-state index contributed by atoms with van der Waals surface area (Å²) in [6.07, 6.45) is 3.57. The highest BCUT2D eigenvalue weighted by atomic mass is 16.5. The maximum atomic E-state index is 11.2. The Kier molecular flexibility index (Phi) is 4.00. The summed E-state index contributed by atoms with van der Waals surface area (Å²) in [5, 5.41) is 7.31. The van der Waals surface area contributed by atoms with Gasteiger partial charge in [0, 0.05) is 6.20 Å². The molecular formula is C9H13N3O2. The van der Waals surface area contributed by atoms with E-state index in [1.807, 2.05) is 0 Å². The van der Waals surface area contributed by atoms with E-state index in [1.54, 1.807) is 25.4 Å². The Morgan fingerprint density at radius 3 is 3.00 bits per heavy atom. The standard InChI is InChI=1S/C9H13N3O2/c1-2-14-9(13)8(10)5-7-3-4-11-12-6-7/h3-4,6,8H,2,5,10H2,1H3. The SMILES string of the molecule is CCOC(=O)C(N)Cc1ccnnc1. The molecule has 0 saturated heterocycles. The Hall–Kier alpha value is -1.49. The molecule has 14 heavy (non-hydrogen) atoms. The summed E-state index contributed by atoms with van der Waals surface area (Å²) in [5.41, 5.74) is 6.49. The predicted octanol–water partition coefficient (Wildman–Crippen LogP) is -0.0905. The Labute approximate surface area is 82.3 Å². The van der Waals surface area contributed by atoms with Crippen LogP contribution in [0.5, 0.6) is 0 Å². The number of hydrogen-bond acceptors (Lipinski definition) is 5. The fraction of sp³-hybridized carbons (Fsp3) is 0.444. The van der Waals surface area contributed by atoms with Gasteiger partial charge >= 0.3 is 5.97 Å². The highest BCUT2D eigenvalue weighted by Crippen LogP contribution is 1.99. The van der Waals surface area contributed by atoms with Crippen LogP contribution in [0.2, 0.25) is 0 Å². The molecule has 0 bridgehead atoms. The second-order valence-corrected chi connectivity index (χ2v) is 2.81. The van der Waals surface area contributed by atoms with Gasteiger partial charge in [0.1, 0.15) is 6.04 Å². The van der Waals surface area contributed by atoms with Gasteiger partial charge in [-0.3, -0.25) is 4.79 Å². The third-order valence-electron chi connectivity index (χ3n) is 1.69. The third kappa shape index (κ3) is 3.10. The van der Waals surface area contributed by atoms with Crippen molar-refractivity contribution < 1.29 is 9.53 Å². The van der Waals surface area contributed by atoms with Gasteiger partial charge in [0.2, 0.25) is 0 Å². The van der Waals surface area contributed by atoms with Crippen LogP contribution in [0.3, 0.4) is 0 Å². The molecule has 76 valence electrons. The molecule has 5 nitrogen and oxygen atoms in total. The minimum absolute atomic E-state index is 0.348. The number of nitrogens with zero attached hydrogens (tertiary/aromatic N) is 2. The highest BCUT2D eigenvalue weighted by molar-refractivity contribution is 5.75. The summed E-state index contributed by atoms with van der Waals surface area (Å²) in [5.74, 6) is -0.385. The topological polar surface area (TPSA) is 78.1 Å². The van der Waals surface area contributed by atoms with Gasteiger partial charge in [-0.2, -0.15) is 10.2 Å². The second kappa shape index (κ2) is 5.29. The van der Waals surface area contributed by atoms with Gasteiger partial charge < -0.3 is 10.5 Å². The summed E-state index contributed by atoms with van der Waals surface area (Å²) in [4.78, 5) is 11.2. The van der Waals surface area contributed by atoms with Crippen LogP contribution in [0.15, 0.2) is 18.5 Å². The molecule has 1 aromatic heterocycles. The van der Waals surface area contributed by atoms with E-state index in [4.69, 9.17) is 10.5 Å².